The monoisotopic (exact) mass is 307 g/mol. The van der Waals surface area contributed by atoms with Gasteiger partial charge in [-0.2, -0.15) is 4.98 Å². The molecule has 5 nitrogen and oxygen atoms in total. The Morgan fingerprint density at radius 1 is 1.48 bits per heavy atom. The highest BCUT2D eigenvalue weighted by molar-refractivity contribution is 6.30. The number of hydrogen-bond donors (Lipinski definition) is 1. The Morgan fingerprint density at radius 3 is 2.95 bits per heavy atom. The van der Waals surface area contributed by atoms with E-state index < -0.39 is 5.54 Å². The van der Waals surface area contributed by atoms with Crippen molar-refractivity contribution in [2.45, 2.75) is 37.8 Å². The molecule has 2 N–H and O–H groups in total. The Labute approximate surface area is 128 Å². The van der Waals surface area contributed by atoms with Gasteiger partial charge in [0, 0.05) is 10.6 Å². The van der Waals surface area contributed by atoms with Crippen LogP contribution in [0.4, 0.5) is 0 Å². The molecule has 1 saturated carbocycles. The van der Waals surface area contributed by atoms with E-state index in [2.05, 4.69) is 10.1 Å². The van der Waals surface area contributed by atoms with Crippen molar-refractivity contribution in [3.8, 4) is 11.5 Å². The van der Waals surface area contributed by atoms with Crippen molar-refractivity contribution in [3.63, 3.8) is 0 Å². The van der Waals surface area contributed by atoms with E-state index in [9.17, 15) is 0 Å². The molecule has 1 atom stereocenters. The summed E-state index contributed by atoms with van der Waals surface area (Å²) in [5.41, 5.74) is 6.26. The minimum atomic E-state index is -0.768. The minimum Gasteiger partial charge on any atom is -0.376 e. The lowest BCUT2D eigenvalue weighted by molar-refractivity contribution is -0.0222. The second-order valence-corrected chi connectivity index (χ2v) is 6.15. The highest BCUT2D eigenvalue weighted by Gasteiger charge is 2.30. The second kappa shape index (κ2) is 5.75. The van der Waals surface area contributed by atoms with E-state index in [4.69, 9.17) is 26.6 Å². The van der Waals surface area contributed by atoms with Gasteiger partial charge < -0.3 is 15.0 Å². The largest absolute Gasteiger partial charge is 0.376 e. The quantitative estimate of drug-likeness (QED) is 0.918. The zero-order chi connectivity index (χ0) is 14.9. The van der Waals surface area contributed by atoms with Gasteiger partial charge in [0.15, 0.2) is 5.82 Å². The molecule has 0 spiro atoms. The van der Waals surface area contributed by atoms with E-state index >= 15 is 0 Å². The van der Waals surface area contributed by atoms with Crippen molar-refractivity contribution in [2.75, 3.05) is 6.61 Å². The highest BCUT2D eigenvalue weighted by atomic mass is 35.5. The highest BCUT2D eigenvalue weighted by Crippen LogP contribution is 2.26. The molecular formula is C15H18ClN3O2. The average Bonchev–Trinajstić information content (AvgIpc) is 2.87. The van der Waals surface area contributed by atoms with E-state index in [-0.39, 0.29) is 0 Å². The molecule has 1 aliphatic carbocycles. The Hall–Kier alpha value is -1.43. The zero-order valence-corrected chi connectivity index (χ0v) is 12.6. The van der Waals surface area contributed by atoms with Crippen molar-refractivity contribution in [1.29, 1.82) is 0 Å². The average molecular weight is 308 g/mol. The summed E-state index contributed by atoms with van der Waals surface area (Å²) in [6.07, 6.45) is 3.77. The molecule has 1 aromatic heterocycles. The van der Waals surface area contributed by atoms with Gasteiger partial charge in [0.1, 0.15) is 5.54 Å². The number of hydrogen-bond acceptors (Lipinski definition) is 5. The number of aromatic nitrogens is 2. The molecule has 1 aromatic carbocycles. The van der Waals surface area contributed by atoms with E-state index in [1.807, 2.05) is 19.1 Å². The standard InChI is InChI=1S/C15H18ClN3O2/c1-15(17,9-20-12-6-3-7-12)14-18-13(21-19-14)10-4-2-5-11(16)8-10/h2,4-5,8,12H,3,6-7,9,17H2,1H3. The minimum absolute atomic E-state index is 0.326. The number of nitrogens with two attached hydrogens (primary N) is 1. The summed E-state index contributed by atoms with van der Waals surface area (Å²) >= 11 is 5.96. The summed E-state index contributed by atoms with van der Waals surface area (Å²) in [6, 6.07) is 7.27. The first-order valence-corrected chi connectivity index (χ1v) is 7.43. The Kier molecular flexibility index (Phi) is 3.97. The maximum absolute atomic E-state index is 6.25. The summed E-state index contributed by atoms with van der Waals surface area (Å²) in [5.74, 6) is 0.851. The van der Waals surface area contributed by atoms with E-state index in [1.54, 1.807) is 12.1 Å². The summed E-state index contributed by atoms with van der Waals surface area (Å²) < 4.78 is 11.0. The number of rotatable bonds is 5. The van der Waals surface area contributed by atoms with Crippen LogP contribution in [-0.2, 0) is 10.3 Å². The fourth-order valence-electron chi connectivity index (χ4n) is 2.09. The first-order chi connectivity index (χ1) is 10.0. The van der Waals surface area contributed by atoms with Crippen LogP contribution in [0.3, 0.4) is 0 Å². The SMILES string of the molecule is CC(N)(COC1CCC1)c1noc(-c2cccc(Cl)c2)n1. The van der Waals surface area contributed by atoms with E-state index in [0.717, 1.165) is 18.4 Å². The van der Waals surface area contributed by atoms with Crippen LogP contribution in [0.2, 0.25) is 5.02 Å². The lowest BCUT2D eigenvalue weighted by Gasteiger charge is -2.29. The number of nitrogens with zero attached hydrogens (tertiary/aromatic N) is 2. The van der Waals surface area contributed by atoms with Gasteiger partial charge in [-0.3, -0.25) is 0 Å². The molecule has 6 heteroatoms. The third-order valence-corrected chi connectivity index (χ3v) is 3.91. The first-order valence-electron chi connectivity index (χ1n) is 7.05. The van der Waals surface area contributed by atoms with Crippen LogP contribution in [0.25, 0.3) is 11.5 Å². The van der Waals surface area contributed by atoms with Crippen LogP contribution in [0.15, 0.2) is 28.8 Å². The zero-order valence-electron chi connectivity index (χ0n) is 11.9. The summed E-state index contributed by atoms with van der Waals surface area (Å²) in [4.78, 5) is 4.37. The first kappa shape index (κ1) is 14.5. The summed E-state index contributed by atoms with van der Waals surface area (Å²) in [7, 11) is 0. The maximum atomic E-state index is 6.25. The Bertz CT molecular complexity index is 623. The lowest BCUT2D eigenvalue weighted by atomic mass is 9.95. The topological polar surface area (TPSA) is 74.2 Å². The van der Waals surface area contributed by atoms with Crippen molar-refractivity contribution < 1.29 is 9.26 Å². The molecule has 1 fully saturated rings. The molecule has 0 saturated heterocycles. The van der Waals surface area contributed by atoms with E-state index in [0.29, 0.717) is 29.4 Å². The molecule has 1 heterocycles. The molecule has 1 unspecified atom stereocenters. The van der Waals surface area contributed by atoms with Crippen LogP contribution in [0.1, 0.15) is 32.0 Å². The molecular weight excluding hydrogens is 290 g/mol. The second-order valence-electron chi connectivity index (χ2n) is 5.71. The van der Waals surface area contributed by atoms with Crippen molar-refractivity contribution >= 4 is 11.6 Å². The molecule has 2 aromatic rings. The lowest BCUT2D eigenvalue weighted by Crippen LogP contribution is -2.41. The van der Waals surface area contributed by atoms with Crippen LogP contribution in [0, 0.1) is 0 Å². The summed E-state index contributed by atoms with van der Waals surface area (Å²) in [6.45, 7) is 2.23. The van der Waals surface area contributed by atoms with Gasteiger partial charge >= 0.3 is 0 Å². The Balaban J connectivity index is 1.73. The molecule has 0 radical (unpaired) electrons. The third-order valence-electron chi connectivity index (χ3n) is 3.68. The molecule has 112 valence electrons. The van der Waals surface area contributed by atoms with Crippen LogP contribution >= 0.6 is 11.6 Å². The fraction of sp³-hybridized carbons (Fsp3) is 0.467. The van der Waals surface area contributed by atoms with Gasteiger partial charge in [-0.25, -0.2) is 0 Å². The normalized spacial score (nSPS) is 18.2. The van der Waals surface area contributed by atoms with Crippen molar-refractivity contribution in [3.05, 3.63) is 35.1 Å². The molecule has 0 amide bonds. The predicted octanol–water partition coefficient (Wildman–Crippen LogP) is 3.13. The van der Waals surface area contributed by atoms with E-state index in [1.165, 1.54) is 6.42 Å². The molecule has 3 rings (SSSR count). The van der Waals surface area contributed by atoms with Crippen LogP contribution in [0.5, 0.6) is 0 Å². The van der Waals surface area contributed by atoms with Crippen molar-refractivity contribution in [2.24, 2.45) is 5.73 Å². The Morgan fingerprint density at radius 2 is 2.29 bits per heavy atom. The van der Waals surface area contributed by atoms with Crippen LogP contribution < -0.4 is 5.73 Å². The molecule has 21 heavy (non-hydrogen) atoms. The number of halogens is 1. The predicted molar refractivity (Wildman–Crippen MR) is 79.9 cm³/mol. The van der Waals surface area contributed by atoms with Gasteiger partial charge in [0.2, 0.25) is 0 Å². The van der Waals surface area contributed by atoms with Crippen LogP contribution in [-0.4, -0.2) is 22.9 Å². The molecule has 0 bridgehead atoms. The van der Waals surface area contributed by atoms with Gasteiger partial charge in [-0.15, -0.1) is 0 Å². The van der Waals surface area contributed by atoms with Gasteiger partial charge in [0.25, 0.3) is 5.89 Å². The number of benzene rings is 1. The fourth-order valence-corrected chi connectivity index (χ4v) is 2.28. The van der Waals surface area contributed by atoms with Crippen molar-refractivity contribution in [1.82, 2.24) is 10.1 Å². The van der Waals surface area contributed by atoms with Gasteiger partial charge in [0.05, 0.1) is 12.7 Å². The van der Waals surface area contributed by atoms with Gasteiger partial charge in [-0.1, -0.05) is 22.8 Å². The smallest absolute Gasteiger partial charge is 0.258 e. The third kappa shape index (κ3) is 3.26. The summed E-state index contributed by atoms with van der Waals surface area (Å²) in [5, 5.41) is 4.60. The molecule has 1 aliphatic rings. The van der Waals surface area contributed by atoms with Gasteiger partial charge in [-0.05, 0) is 44.4 Å². The maximum Gasteiger partial charge on any atom is 0.258 e. The number of ether oxygens (including phenoxy) is 1. The molecule has 0 aliphatic heterocycles.